The number of benzene rings is 1. The number of fused-ring (bicyclic) bond motifs is 1. The maximum atomic E-state index is 12.2. The van der Waals surface area contributed by atoms with Crippen LogP contribution in [0.15, 0.2) is 23.2 Å². The van der Waals surface area contributed by atoms with Gasteiger partial charge in [0.05, 0.1) is 11.9 Å². The summed E-state index contributed by atoms with van der Waals surface area (Å²) < 4.78 is 12.2. The molecule has 10 heteroatoms. The van der Waals surface area contributed by atoms with Gasteiger partial charge in [-0.3, -0.25) is 4.79 Å². The Morgan fingerprint density at radius 2 is 2.04 bits per heavy atom. The van der Waals surface area contributed by atoms with Crippen LogP contribution < -0.4 is 14.8 Å². The molecule has 0 bridgehead atoms. The molecule has 0 aliphatic carbocycles. The second kappa shape index (κ2) is 6.79. The van der Waals surface area contributed by atoms with Crippen molar-refractivity contribution in [3.05, 3.63) is 24.0 Å². The molecular formula is C14H14N4O5S. The van der Waals surface area contributed by atoms with E-state index in [9.17, 15) is 9.59 Å². The van der Waals surface area contributed by atoms with Gasteiger partial charge in [0, 0.05) is 11.0 Å². The summed E-state index contributed by atoms with van der Waals surface area (Å²) in [5.74, 6) is -0.337. The van der Waals surface area contributed by atoms with Crippen molar-refractivity contribution in [3.63, 3.8) is 0 Å². The Balaban J connectivity index is 1.74. The van der Waals surface area contributed by atoms with E-state index in [2.05, 4.69) is 15.6 Å². The van der Waals surface area contributed by atoms with E-state index in [0.29, 0.717) is 30.4 Å². The predicted molar refractivity (Wildman–Crippen MR) is 84.8 cm³/mol. The predicted octanol–water partition coefficient (Wildman–Crippen LogP) is 1.11. The minimum absolute atomic E-state index is 0.150. The SMILES string of the molecule is CSc1cc2c(cc1NC(=O)Cn1cc(C(=O)O)nn1)OCCO2. The molecule has 2 N–H and O–H groups in total. The number of ether oxygens (including phenoxy) is 2. The molecule has 2 aromatic rings. The molecule has 0 spiro atoms. The maximum Gasteiger partial charge on any atom is 0.358 e. The van der Waals surface area contributed by atoms with Gasteiger partial charge in [0.1, 0.15) is 19.8 Å². The van der Waals surface area contributed by atoms with Gasteiger partial charge in [-0.1, -0.05) is 5.21 Å². The average molecular weight is 350 g/mol. The molecule has 3 rings (SSSR count). The number of anilines is 1. The zero-order valence-corrected chi connectivity index (χ0v) is 13.5. The van der Waals surface area contributed by atoms with Crippen molar-refractivity contribution in [3.8, 4) is 11.5 Å². The van der Waals surface area contributed by atoms with Crippen LogP contribution in [0, 0.1) is 0 Å². The third-order valence-corrected chi connectivity index (χ3v) is 3.98. The first-order valence-corrected chi connectivity index (χ1v) is 8.20. The van der Waals surface area contributed by atoms with Gasteiger partial charge in [-0.2, -0.15) is 0 Å². The summed E-state index contributed by atoms with van der Waals surface area (Å²) in [6.07, 6.45) is 3.08. The smallest absolute Gasteiger partial charge is 0.358 e. The molecule has 2 heterocycles. The first-order valence-electron chi connectivity index (χ1n) is 6.97. The van der Waals surface area contributed by atoms with Crippen LogP contribution in [0.4, 0.5) is 5.69 Å². The Bertz CT molecular complexity index is 791. The number of hydrogen-bond donors (Lipinski definition) is 2. The van der Waals surface area contributed by atoms with Crippen LogP contribution in [0.1, 0.15) is 10.5 Å². The molecule has 1 aliphatic heterocycles. The highest BCUT2D eigenvalue weighted by Crippen LogP contribution is 2.39. The number of carboxylic acid groups (broad SMARTS) is 1. The largest absolute Gasteiger partial charge is 0.486 e. The molecule has 0 radical (unpaired) electrons. The number of carboxylic acids is 1. The lowest BCUT2D eigenvalue weighted by Crippen LogP contribution is -2.20. The number of nitrogens with zero attached hydrogens (tertiary/aromatic N) is 3. The summed E-state index contributed by atoms with van der Waals surface area (Å²) >= 11 is 1.46. The minimum Gasteiger partial charge on any atom is -0.486 e. The lowest BCUT2D eigenvalue weighted by Gasteiger charge is -2.20. The van der Waals surface area contributed by atoms with Gasteiger partial charge in [-0.25, -0.2) is 9.48 Å². The summed E-state index contributed by atoms with van der Waals surface area (Å²) in [5, 5.41) is 18.6. The van der Waals surface area contributed by atoms with Crippen molar-refractivity contribution in [1.29, 1.82) is 0 Å². The number of amides is 1. The Labute approximate surface area is 140 Å². The van der Waals surface area contributed by atoms with E-state index < -0.39 is 5.97 Å². The first-order chi connectivity index (χ1) is 11.6. The zero-order valence-electron chi connectivity index (χ0n) is 12.7. The Morgan fingerprint density at radius 1 is 1.33 bits per heavy atom. The quantitative estimate of drug-likeness (QED) is 0.771. The molecule has 1 aromatic carbocycles. The molecule has 0 saturated carbocycles. The highest BCUT2D eigenvalue weighted by atomic mass is 32.2. The lowest BCUT2D eigenvalue weighted by molar-refractivity contribution is -0.116. The summed E-state index contributed by atoms with van der Waals surface area (Å²) in [5.41, 5.74) is 0.377. The molecule has 1 aliphatic rings. The highest BCUT2D eigenvalue weighted by molar-refractivity contribution is 7.98. The zero-order chi connectivity index (χ0) is 17.1. The standard InChI is InChI=1S/C14H14N4O5S/c1-24-12-5-11-10(22-2-3-23-11)4-8(12)15-13(19)7-18-6-9(14(20)21)16-17-18/h4-6H,2-3,7H2,1H3,(H,15,19)(H,20,21). The number of hydrogen-bond acceptors (Lipinski definition) is 7. The normalized spacial score (nSPS) is 12.7. The van der Waals surface area contributed by atoms with Crippen LogP contribution in [0.2, 0.25) is 0 Å². The van der Waals surface area contributed by atoms with E-state index in [1.54, 1.807) is 6.07 Å². The summed E-state index contributed by atoms with van der Waals surface area (Å²) in [7, 11) is 0. The van der Waals surface area contributed by atoms with E-state index in [1.165, 1.54) is 18.0 Å². The topological polar surface area (TPSA) is 116 Å². The molecule has 126 valence electrons. The number of carbonyl (C=O) groups excluding carboxylic acids is 1. The summed E-state index contributed by atoms with van der Waals surface area (Å²) in [6.45, 7) is 0.795. The van der Waals surface area contributed by atoms with Crippen LogP contribution in [-0.4, -0.2) is 51.4 Å². The Hall–Kier alpha value is -2.75. The maximum absolute atomic E-state index is 12.2. The molecule has 1 aromatic heterocycles. The molecule has 24 heavy (non-hydrogen) atoms. The number of nitrogens with one attached hydrogen (secondary N) is 1. The fraction of sp³-hybridized carbons (Fsp3) is 0.286. The third-order valence-electron chi connectivity index (χ3n) is 3.20. The van der Waals surface area contributed by atoms with Crippen LogP contribution in [0.5, 0.6) is 11.5 Å². The van der Waals surface area contributed by atoms with E-state index in [1.807, 2.05) is 12.3 Å². The van der Waals surface area contributed by atoms with E-state index in [4.69, 9.17) is 14.6 Å². The molecule has 0 fully saturated rings. The monoisotopic (exact) mass is 350 g/mol. The lowest BCUT2D eigenvalue weighted by atomic mass is 10.2. The molecule has 0 saturated heterocycles. The average Bonchev–Trinajstić information content (AvgIpc) is 3.02. The molecule has 1 amide bonds. The molecule has 0 unspecified atom stereocenters. The number of aromatic carboxylic acids is 1. The highest BCUT2D eigenvalue weighted by Gasteiger charge is 2.17. The third kappa shape index (κ3) is 3.43. The second-order valence-electron chi connectivity index (χ2n) is 4.85. The van der Waals surface area contributed by atoms with Gasteiger partial charge in [-0.05, 0) is 12.3 Å². The van der Waals surface area contributed by atoms with Crippen molar-refractivity contribution in [2.45, 2.75) is 11.4 Å². The van der Waals surface area contributed by atoms with Crippen molar-refractivity contribution < 1.29 is 24.2 Å². The molecule has 0 atom stereocenters. The van der Waals surface area contributed by atoms with Crippen molar-refractivity contribution in [2.24, 2.45) is 0 Å². The Kier molecular flexibility index (Phi) is 4.56. The van der Waals surface area contributed by atoms with Gasteiger partial charge in [0.2, 0.25) is 5.91 Å². The van der Waals surface area contributed by atoms with Crippen molar-refractivity contribution >= 4 is 29.3 Å². The fourth-order valence-electron chi connectivity index (χ4n) is 2.15. The van der Waals surface area contributed by atoms with Gasteiger partial charge in [0.15, 0.2) is 17.2 Å². The minimum atomic E-state index is -1.20. The summed E-state index contributed by atoms with van der Waals surface area (Å²) in [4.78, 5) is 23.8. The summed E-state index contributed by atoms with van der Waals surface area (Å²) in [6, 6.07) is 3.52. The number of thioether (sulfide) groups is 1. The van der Waals surface area contributed by atoms with Crippen molar-refractivity contribution in [2.75, 3.05) is 24.8 Å². The van der Waals surface area contributed by atoms with Gasteiger partial charge >= 0.3 is 5.97 Å². The van der Waals surface area contributed by atoms with Crippen LogP contribution in [-0.2, 0) is 11.3 Å². The fourth-order valence-corrected chi connectivity index (χ4v) is 2.70. The van der Waals surface area contributed by atoms with Crippen molar-refractivity contribution in [1.82, 2.24) is 15.0 Å². The molecular weight excluding hydrogens is 336 g/mol. The van der Waals surface area contributed by atoms with Gasteiger partial charge in [-0.15, -0.1) is 16.9 Å². The second-order valence-corrected chi connectivity index (χ2v) is 5.70. The number of aromatic nitrogens is 3. The number of carbonyl (C=O) groups is 2. The van der Waals surface area contributed by atoms with Crippen LogP contribution in [0.3, 0.4) is 0 Å². The molecule has 9 nitrogen and oxygen atoms in total. The van der Waals surface area contributed by atoms with Crippen LogP contribution in [0.25, 0.3) is 0 Å². The number of rotatable bonds is 5. The first kappa shape index (κ1) is 16.1. The van der Waals surface area contributed by atoms with Crippen LogP contribution >= 0.6 is 11.8 Å². The van der Waals surface area contributed by atoms with E-state index in [0.717, 1.165) is 9.58 Å². The van der Waals surface area contributed by atoms with Gasteiger partial charge < -0.3 is 19.9 Å². The van der Waals surface area contributed by atoms with E-state index >= 15 is 0 Å². The van der Waals surface area contributed by atoms with E-state index in [-0.39, 0.29) is 18.1 Å². The Morgan fingerprint density at radius 3 is 2.67 bits per heavy atom. The van der Waals surface area contributed by atoms with Gasteiger partial charge in [0.25, 0.3) is 0 Å².